The Morgan fingerprint density at radius 2 is 2.00 bits per heavy atom. The first-order chi connectivity index (χ1) is 8.72. The predicted octanol–water partition coefficient (Wildman–Crippen LogP) is -0.678. The highest BCUT2D eigenvalue weighted by atomic mass is 35.5. The van der Waals surface area contributed by atoms with E-state index in [2.05, 4.69) is 29.2 Å². The van der Waals surface area contributed by atoms with Gasteiger partial charge < -0.3 is 22.5 Å². The number of carbonyl (C=O) groups excluding carboxylic acids is 1. The number of benzene rings is 1. The SMILES string of the molecule is CN(CCCCC(=O)/C=N/O)Cc1ccccc1.[Cl-]. The topological polar surface area (TPSA) is 52.9 Å². The smallest absolute Gasteiger partial charge is 0.177 e. The summed E-state index contributed by atoms with van der Waals surface area (Å²) < 4.78 is 0. The highest BCUT2D eigenvalue weighted by Crippen LogP contribution is 2.04. The van der Waals surface area contributed by atoms with Crippen LogP contribution in [0.5, 0.6) is 0 Å². The van der Waals surface area contributed by atoms with Crippen molar-refractivity contribution < 1.29 is 22.4 Å². The fourth-order valence-corrected chi connectivity index (χ4v) is 1.78. The van der Waals surface area contributed by atoms with Gasteiger partial charge in [0.25, 0.3) is 0 Å². The van der Waals surface area contributed by atoms with Gasteiger partial charge in [0.1, 0.15) is 6.21 Å². The van der Waals surface area contributed by atoms with Crippen molar-refractivity contribution in [3.8, 4) is 0 Å². The van der Waals surface area contributed by atoms with Crippen molar-refractivity contribution >= 4 is 12.0 Å². The molecule has 0 unspecified atom stereocenters. The first-order valence-electron chi connectivity index (χ1n) is 6.15. The van der Waals surface area contributed by atoms with Gasteiger partial charge in [-0.05, 0) is 32.0 Å². The number of Topliss-reactive ketones (excluding diaryl/α,β-unsaturated/α-hetero) is 1. The maximum atomic E-state index is 11.1. The number of unbranched alkanes of at least 4 members (excludes halogenated alkanes) is 1. The van der Waals surface area contributed by atoms with E-state index >= 15 is 0 Å². The lowest BCUT2D eigenvalue weighted by molar-refractivity contribution is -0.112. The Morgan fingerprint density at radius 1 is 1.32 bits per heavy atom. The van der Waals surface area contributed by atoms with Gasteiger partial charge in [-0.1, -0.05) is 35.5 Å². The second-order valence-corrected chi connectivity index (χ2v) is 4.39. The fourth-order valence-electron chi connectivity index (χ4n) is 1.78. The Labute approximate surface area is 120 Å². The van der Waals surface area contributed by atoms with Crippen LogP contribution in [0, 0.1) is 0 Å². The zero-order valence-electron chi connectivity index (χ0n) is 11.1. The molecule has 0 saturated heterocycles. The van der Waals surface area contributed by atoms with Crippen molar-refractivity contribution in [2.45, 2.75) is 25.8 Å². The molecule has 5 heteroatoms. The minimum Gasteiger partial charge on any atom is -1.00 e. The minimum absolute atomic E-state index is 0. The number of rotatable bonds is 8. The van der Waals surface area contributed by atoms with Gasteiger partial charge in [0.05, 0.1) is 0 Å². The Hall–Kier alpha value is -1.39. The lowest BCUT2D eigenvalue weighted by Gasteiger charge is -2.16. The van der Waals surface area contributed by atoms with Gasteiger partial charge in [0, 0.05) is 13.0 Å². The van der Waals surface area contributed by atoms with Gasteiger partial charge >= 0.3 is 0 Å². The Kier molecular flexibility index (Phi) is 9.75. The van der Waals surface area contributed by atoms with Crippen LogP contribution in [0.1, 0.15) is 24.8 Å². The first-order valence-corrected chi connectivity index (χ1v) is 6.15. The fraction of sp³-hybridized carbons (Fsp3) is 0.429. The third-order valence-corrected chi connectivity index (χ3v) is 2.71. The highest BCUT2D eigenvalue weighted by molar-refractivity contribution is 6.27. The van der Waals surface area contributed by atoms with E-state index in [0.29, 0.717) is 6.42 Å². The van der Waals surface area contributed by atoms with Crippen LogP contribution in [0.25, 0.3) is 0 Å². The average molecular weight is 284 g/mol. The number of hydrogen-bond donors (Lipinski definition) is 1. The zero-order valence-corrected chi connectivity index (χ0v) is 11.9. The van der Waals surface area contributed by atoms with Crippen LogP contribution in [0.2, 0.25) is 0 Å². The molecule has 106 valence electrons. The maximum Gasteiger partial charge on any atom is 0.177 e. The quantitative estimate of drug-likeness (QED) is 0.298. The second kappa shape index (κ2) is 10.5. The Morgan fingerprint density at radius 3 is 2.63 bits per heavy atom. The molecule has 0 aromatic heterocycles. The van der Waals surface area contributed by atoms with E-state index in [1.807, 2.05) is 18.2 Å². The van der Waals surface area contributed by atoms with Crippen LogP contribution in [0.15, 0.2) is 35.5 Å². The molecule has 0 radical (unpaired) electrons. The minimum atomic E-state index is -0.122. The summed E-state index contributed by atoms with van der Waals surface area (Å²) in [7, 11) is 2.07. The third-order valence-electron chi connectivity index (χ3n) is 2.71. The molecule has 19 heavy (non-hydrogen) atoms. The number of ketones is 1. The standard InChI is InChI=1S/C14H20N2O2.ClH/c1-16(12-13-7-3-2-4-8-13)10-6-5-9-14(17)11-15-18;/h2-4,7-8,11,18H,5-6,9-10,12H2,1H3;1H/p-1/b15-11+;. The molecule has 0 aliphatic carbocycles. The number of halogens is 1. The molecular weight excluding hydrogens is 264 g/mol. The van der Waals surface area contributed by atoms with E-state index < -0.39 is 0 Å². The molecule has 4 nitrogen and oxygen atoms in total. The second-order valence-electron chi connectivity index (χ2n) is 4.39. The van der Waals surface area contributed by atoms with Crippen molar-refractivity contribution in [1.29, 1.82) is 0 Å². The largest absolute Gasteiger partial charge is 1.00 e. The van der Waals surface area contributed by atoms with Gasteiger partial charge in [-0.3, -0.25) is 4.79 Å². The first kappa shape index (κ1) is 17.6. The molecule has 1 rings (SSSR count). The molecule has 0 saturated carbocycles. The number of carbonyl (C=O) groups is 1. The molecule has 0 atom stereocenters. The molecule has 0 heterocycles. The Balaban J connectivity index is 0.00000324. The lowest BCUT2D eigenvalue weighted by Crippen LogP contribution is -3.00. The van der Waals surface area contributed by atoms with E-state index in [-0.39, 0.29) is 18.2 Å². The summed E-state index contributed by atoms with van der Waals surface area (Å²) in [6.45, 7) is 1.88. The summed E-state index contributed by atoms with van der Waals surface area (Å²) >= 11 is 0. The van der Waals surface area contributed by atoms with Gasteiger partial charge in [0.15, 0.2) is 5.78 Å². The molecule has 0 amide bonds. The van der Waals surface area contributed by atoms with E-state index in [1.54, 1.807) is 0 Å². The molecule has 0 aliphatic heterocycles. The number of nitrogens with zero attached hydrogens (tertiary/aromatic N) is 2. The third kappa shape index (κ3) is 8.35. The molecule has 1 aromatic carbocycles. The normalized spacial score (nSPS) is 10.6. The molecule has 0 fully saturated rings. The van der Waals surface area contributed by atoms with Crippen LogP contribution in [-0.2, 0) is 11.3 Å². The van der Waals surface area contributed by atoms with Crippen LogP contribution in [-0.4, -0.2) is 35.7 Å². The van der Waals surface area contributed by atoms with Crippen molar-refractivity contribution in [2.75, 3.05) is 13.6 Å². The maximum absolute atomic E-state index is 11.1. The number of oxime groups is 1. The van der Waals surface area contributed by atoms with Crippen molar-refractivity contribution in [3.63, 3.8) is 0 Å². The molecule has 0 spiro atoms. The predicted molar refractivity (Wildman–Crippen MR) is 71.9 cm³/mol. The average Bonchev–Trinajstić information content (AvgIpc) is 2.36. The summed E-state index contributed by atoms with van der Waals surface area (Å²) in [5.74, 6) is -0.122. The summed E-state index contributed by atoms with van der Waals surface area (Å²) in [4.78, 5) is 13.3. The van der Waals surface area contributed by atoms with E-state index in [9.17, 15) is 4.79 Å². The molecule has 0 aliphatic rings. The molecule has 0 bridgehead atoms. The lowest BCUT2D eigenvalue weighted by atomic mass is 10.1. The summed E-state index contributed by atoms with van der Waals surface area (Å²) in [6, 6.07) is 10.3. The Bertz CT molecular complexity index is 382. The zero-order chi connectivity index (χ0) is 13.2. The van der Waals surface area contributed by atoms with Crippen LogP contribution in [0.4, 0.5) is 0 Å². The van der Waals surface area contributed by atoms with E-state index in [1.165, 1.54) is 5.56 Å². The molecule has 1 aromatic rings. The van der Waals surface area contributed by atoms with Gasteiger partial charge in [-0.2, -0.15) is 0 Å². The van der Waals surface area contributed by atoms with Gasteiger partial charge in [-0.25, -0.2) is 0 Å². The number of hydrogen-bond acceptors (Lipinski definition) is 4. The van der Waals surface area contributed by atoms with Crippen LogP contribution < -0.4 is 12.4 Å². The van der Waals surface area contributed by atoms with Crippen molar-refractivity contribution in [2.24, 2.45) is 5.16 Å². The van der Waals surface area contributed by atoms with E-state index in [4.69, 9.17) is 5.21 Å². The van der Waals surface area contributed by atoms with Crippen molar-refractivity contribution in [3.05, 3.63) is 35.9 Å². The van der Waals surface area contributed by atoms with Crippen LogP contribution in [0.3, 0.4) is 0 Å². The van der Waals surface area contributed by atoms with Gasteiger partial charge in [-0.15, -0.1) is 0 Å². The summed E-state index contributed by atoms with van der Waals surface area (Å²) in [5.41, 5.74) is 1.29. The summed E-state index contributed by atoms with van der Waals surface area (Å²) in [6.07, 6.45) is 3.20. The van der Waals surface area contributed by atoms with Gasteiger partial charge in [0.2, 0.25) is 0 Å². The molecule has 1 N–H and O–H groups in total. The monoisotopic (exact) mass is 283 g/mol. The van der Waals surface area contributed by atoms with Crippen LogP contribution >= 0.6 is 0 Å². The summed E-state index contributed by atoms with van der Waals surface area (Å²) in [5, 5.41) is 10.9. The van der Waals surface area contributed by atoms with E-state index in [0.717, 1.165) is 32.1 Å². The molecular formula is C14H20ClN2O2-. The highest BCUT2D eigenvalue weighted by Gasteiger charge is 2.01. The van der Waals surface area contributed by atoms with Crippen molar-refractivity contribution in [1.82, 2.24) is 4.90 Å².